The number of aromatic nitrogens is 1. The van der Waals surface area contributed by atoms with E-state index in [4.69, 9.17) is 4.74 Å². The topological polar surface area (TPSA) is 83.8 Å². The van der Waals surface area contributed by atoms with E-state index < -0.39 is 11.7 Å². The Hall–Kier alpha value is -4.10. The maximum absolute atomic E-state index is 13.7. The molecule has 2 aliphatic heterocycles. The molecule has 42 heavy (non-hydrogen) atoms. The number of hydrogen-bond acceptors (Lipinski definition) is 5. The predicted molar refractivity (Wildman–Crippen MR) is 166 cm³/mol. The van der Waals surface area contributed by atoms with Crippen LogP contribution in [0.1, 0.15) is 72.6 Å². The number of carbonyl (C=O) groups is 2. The van der Waals surface area contributed by atoms with E-state index in [0.29, 0.717) is 23.4 Å². The number of amides is 1. The number of fused-ring (bicyclic) bond motifs is 2. The van der Waals surface area contributed by atoms with Crippen LogP contribution in [0.3, 0.4) is 0 Å². The summed E-state index contributed by atoms with van der Waals surface area (Å²) in [6.45, 7) is 12.8. The van der Waals surface area contributed by atoms with E-state index in [2.05, 4.69) is 22.3 Å². The van der Waals surface area contributed by atoms with Crippen LogP contribution in [0.5, 0.6) is 5.75 Å². The van der Waals surface area contributed by atoms with E-state index in [-0.39, 0.29) is 11.7 Å². The number of hydrogen-bond donors (Lipinski definition) is 2. The van der Waals surface area contributed by atoms with E-state index in [1.165, 1.54) is 24.8 Å². The van der Waals surface area contributed by atoms with Crippen molar-refractivity contribution in [3.8, 4) is 28.1 Å². The standard InChI is InChI=1S/C35H39N3O4/c1-21-15-24(16-22(2)32(21)39)26-10-11-27(31-28(26)19-36-33(31)40)30-18-25-17-23(20-37-13-7-6-8-14-37)9-12-29(25)38(30)34(41)42-35(3,4)5/h9-12,15-18,39H,6-8,13-14,19-20H2,1-5H3,(H,36,40). The largest absolute Gasteiger partial charge is 0.507 e. The summed E-state index contributed by atoms with van der Waals surface area (Å²) in [6.07, 6.45) is 3.28. The maximum atomic E-state index is 13.7. The second-order valence-electron chi connectivity index (χ2n) is 12.7. The number of phenolic OH excluding ortho intramolecular Hbond substituents is 1. The molecule has 7 nitrogen and oxygen atoms in total. The lowest BCUT2D eigenvalue weighted by Gasteiger charge is -2.26. The second kappa shape index (κ2) is 10.6. The molecule has 3 heterocycles. The second-order valence-corrected chi connectivity index (χ2v) is 12.7. The van der Waals surface area contributed by atoms with Crippen LogP contribution in [0.15, 0.2) is 48.5 Å². The minimum Gasteiger partial charge on any atom is -0.507 e. The van der Waals surface area contributed by atoms with Gasteiger partial charge in [-0.25, -0.2) is 9.36 Å². The molecule has 4 aromatic rings. The number of benzene rings is 3. The number of piperidine rings is 1. The molecular weight excluding hydrogens is 526 g/mol. The summed E-state index contributed by atoms with van der Waals surface area (Å²) in [5.41, 5.74) is 7.48. The molecule has 0 atom stereocenters. The zero-order valence-corrected chi connectivity index (χ0v) is 25.1. The fraction of sp³-hybridized carbons (Fsp3) is 0.371. The number of likely N-dealkylation sites (tertiary alicyclic amines) is 1. The average Bonchev–Trinajstić information content (AvgIpc) is 3.51. The molecule has 3 aromatic carbocycles. The first-order chi connectivity index (χ1) is 20.0. The first-order valence-corrected chi connectivity index (χ1v) is 14.9. The lowest BCUT2D eigenvalue weighted by molar-refractivity contribution is 0.0547. The van der Waals surface area contributed by atoms with E-state index in [1.807, 2.05) is 71.0 Å². The minimum atomic E-state index is -0.684. The third-order valence-corrected chi connectivity index (χ3v) is 8.34. The van der Waals surface area contributed by atoms with Crippen molar-refractivity contribution in [2.45, 2.75) is 72.6 Å². The van der Waals surface area contributed by atoms with Crippen molar-refractivity contribution in [2.24, 2.45) is 0 Å². The minimum absolute atomic E-state index is 0.166. The molecule has 1 aromatic heterocycles. The summed E-state index contributed by atoms with van der Waals surface area (Å²) in [4.78, 5) is 29.6. The van der Waals surface area contributed by atoms with Gasteiger partial charge in [-0.2, -0.15) is 0 Å². The molecule has 1 amide bonds. The molecule has 218 valence electrons. The fourth-order valence-corrected chi connectivity index (χ4v) is 6.38. The first-order valence-electron chi connectivity index (χ1n) is 14.9. The number of phenols is 1. The molecule has 6 rings (SSSR count). The van der Waals surface area contributed by atoms with Gasteiger partial charge in [0.1, 0.15) is 11.4 Å². The van der Waals surface area contributed by atoms with Gasteiger partial charge in [0.05, 0.1) is 16.8 Å². The summed E-state index contributed by atoms with van der Waals surface area (Å²) in [5.74, 6) is 0.114. The Morgan fingerprint density at radius 3 is 2.33 bits per heavy atom. The van der Waals surface area contributed by atoms with Crippen molar-refractivity contribution in [1.29, 1.82) is 0 Å². The number of aromatic hydroxyl groups is 1. The molecule has 2 N–H and O–H groups in total. The SMILES string of the molecule is Cc1cc(-c2ccc(-c3cc4cc(CN5CCCCC5)ccc4n3C(=O)OC(C)(C)C)c3c2CNC3=O)cc(C)c1O. The predicted octanol–water partition coefficient (Wildman–Crippen LogP) is 7.31. The molecule has 7 heteroatoms. The monoisotopic (exact) mass is 565 g/mol. The zero-order valence-electron chi connectivity index (χ0n) is 25.1. The van der Waals surface area contributed by atoms with E-state index >= 15 is 0 Å². The third-order valence-electron chi connectivity index (χ3n) is 8.34. The van der Waals surface area contributed by atoms with Crippen LogP contribution in [0, 0.1) is 13.8 Å². The summed E-state index contributed by atoms with van der Waals surface area (Å²) in [7, 11) is 0. The van der Waals surface area contributed by atoms with Crippen LogP contribution in [0.2, 0.25) is 0 Å². The quantitative estimate of drug-likeness (QED) is 0.271. The van der Waals surface area contributed by atoms with Crippen LogP contribution in [-0.4, -0.2) is 45.3 Å². The number of carbonyl (C=O) groups excluding carboxylic acids is 2. The normalized spacial score (nSPS) is 15.6. The Morgan fingerprint density at radius 2 is 1.64 bits per heavy atom. The van der Waals surface area contributed by atoms with Gasteiger partial charge in [-0.3, -0.25) is 9.69 Å². The Kier molecular flexibility index (Phi) is 7.09. The number of aryl methyl sites for hydroxylation is 2. The molecular formula is C35H39N3O4. The molecule has 0 spiro atoms. The maximum Gasteiger partial charge on any atom is 0.419 e. The van der Waals surface area contributed by atoms with Crippen molar-refractivity contribution in [3.63, 3.8) is 0 Å². The summed E-state index contributed by atoms with van der Waals surface area (Å²) in [6, 6.07) is 16.1. The van der Waals surface area contributed by atoms with E-state index in [9.17, 15) is 14.7 Å². The van der Waals surface area contributed by atoms with Crippen LogP contribution < -0.4 is 5.32 Å². The van der Waals surface area contributed by atoms with Gasteiger partial charge in [0.2, 0.25) is 0 Å². The van der Waals surface area contributed by atoms with Crippen molar-refractivity contribution < 1.29 is 19.4 Å². The van der Waals surface area contributed by atoms with Gasteiger partial charge in [-0.1, -0.05) is 24.6 Å². The molecule has 0 radical (unpaired) electrons. The Bertz CT molecular complexity index is 1700. The molecule has 1 saturated heterocycles. The number of rotatable bonds is 4. The van der Waals surface area contributed by atoms with Crippen molar-refractivity contribution in [3.05, 3.63) is 76.3 Å². The van der Waals surface area contributed by atoms with Crippen molar-refractivity contribution >= 4 is 22.9 Å². The average molecular weight is 566 g/mol. The van der Waals surface area contributed by atoms with Gasteiger partial charge in [0.15, 0.2) is 0 Å². The van der Waals surface area contributed by atoms with Gasteiger partial charge in [-0.05, 0) is 124 Å². The molecule has 0 aliphatic carbocycles. The number of nitrogens with one attached hydrogen (secondary N) is 1. The highest BCUT2D eigenvalue weighted by Gasteiger charge is 2.30. The molecule has 0 saturated carbocycles. The molecule has 1 fully saturated rings. The van der Waals surface area contributed by atoms with Crippen molar-refractivity contribution in [1.82, 2.24) is 14.8 Å². The van der Waals surface area contributed by atoms with Gasteiger partial charge in [0, 0.05) is 24.0 Å². The van der Waals surface area contributed by atoms with Crippen molar-refractivity contribution in [2.75, 3.05) is 13.1 Å². The Labute approximate surface area is 247 Å². The van der Waals surface area contributed by atoms with Gasteiger partial charge in [0.25, 0.3) is 5.91 Å². The van der Waals surface area contributed by atoms with Crippen LogP contribution in [0.25, 0.3) is 33.3 Å². The summed E-state index contributed by atoms with van der Waals surface area (Å²) >= 11 is 0. The van der Waals surface area contributed by atoms with Gasteiger partial charge >= 0.3 is 6.09 Å². The Balaban J connectivity index is 1.51. The number of ether oxygens (including phenoxy) is 1. The summed E-state index contributed by atoms with van der Waals surface area (Å²) in [5, 5.41) is 14.3. The highest BCUT2D eigenvalue weighted by Crippen LogP contribution is 2.40. The van der Waals surface area contributed by atoms with E-state index in [1.54, 1.807) is 4.57 Å². The first kappa shape index (κ1) is 28.0. The van der Waals surface area contributed by atoms with Crippen LogP contribution in [0.4, 0.5) is 4.79 Å². The zero-order chi connectivity index (χ0) is 29.8. The highest BCUT2D eigenvalue weighted by atomic mass is 16.6. The lowest BCUT2D eigenvalue weighted by atomic mass is 9.90. The van der Waals surface area contributed by atoms with Crippen LogP contribution >= 0.6 is 0 Å². The summed E-state index contributed by atoms with van der Waals surface area (Å²) < 4.78 is 7.48. The Morgan fingerprint density at radius 1 is 0.952 bits per heavy atom. The molecule has 0 unspecified atom stereocenters. The number of nitrogens with zero attached hydrogens (tertiary/aromatic N) is 2. The van der Waals surface area contributed by atoms with Crippen LogP contribution in [-0.2, 0) is 17.8 Å². The molecule has 0 bridgehead atoms. The van der Waals surface area contributed by atoms with Gasteiger partial charge in [-0.15, -0.1) is 0 Å². The van der Waals surface area contributed by atoms with Gasteiger partial charge < -0.3 is 15.2 Å². The smallest absolute Gasteiger partial charge is 0.419 e. The third kappa shape index (κ3) is 5.18. The fourth-order valence-electron chi connectivity index (χ4n) is 6.38. The molecule has 2 aliphatic rings. The van der Waals surface area contributed by atoms with E-state index in [0.717, 1.165) is 58.4 Å². The highest BCUT2D eigenvalue weighted by molar-refractivity contribution is 6.08. The lowest BCUT2D eigenvalue weighted by Crippen LogP contribution is -2.29.